The first kappa shape index (κ1) is 15.3. The third kappa shape index (κ3) is 3.74. The van der Waals surface area contributed by atoms with Gasteiger partial charge in [0.05, 0.1) is 6.61 Å². The van der Waals surface area contributed by atoms with Crippen molar-refractivity contribution in [3.05, 3.63) is 57.8 Å². The Labute approximate surface area is 122 Å². The lowest BCUT2D eigenvalue weighted by Gasteiger charge is -2.12. The number of nitrogens with zero attached hydrogens (tertiary/aromatic N) is 2. The second-order valence-electron chi connectivity index (χ2n) is 4.63. The number of benzene rings is 1. The summed E-state index contributed by atoms with van der Waals surface area (Å²) in [4.78, 5) is 11.9. The van der Waals surface area contributed by atoms with Crippen LogP contribution in [-0.2, 0) is 11.3 Å². The van der Waals surface area contributed by atoms with Gasteiger partial charge >= 0.3 is 0 Å². The van der Waals surface area contributed by atoms with Crippen LogP contribution in [-0.4, -0.2) is 30.0 Å². The molecule has 2 aromatic rings. The predicted molar refractivity (Wildman–Crippen MR) is 78.1 cm³/mol. The molecule has 5 nitrogen and oxygen atoms in total. The number of aromatic nitrogens is 2. The van der Waals surface area contributed by atoms with Crippen molar-refractivity contribution in [3.8, 4) is 5.69 Å². The van der Waals surface area contributed by atoms with Crippen molar-refractivity contribution in [2.75, 3.05) is 20.3 Å². The van der Waals surface area contributed by atoms with Gasteiger partial charge in [-0.1, -0.05) is 12.1 Å². The van der Waals surface area contributed by atoms with E-state index < -0.39 is 0 Å². The largest absolute Gasteiger partial charge is 0.383 e. The molecule has 0 unspecified atom stereocenters. The predicted octanol–water partition coefficient (Wildman–Crippen LogP) is 1.42. The van der Waals surface area contributed by atoms with Crippen molar-refractivity contribution in [2.24, 2.45) is 0 Å². The van der Waals surface area contributed by atoms with Crippen LogP contribution in [0.25, 0.3) is 5.69 Å². The van der Waals surface area contributed by atoms with Gasteiger partial charge in [0.2, 0.25) is 5.43 Å². The molecule has 0 bridgehead atoms. The van der Waals surface area contributed by atoms with E-state index in [9.17, 15) is 9.18 Å². The van der Waals surface area contributed by atoms with Crippen LogP contribution in [0.1, 0.15) is 11.4 Å². The van der Waals surface area contributed by atoms with Gasteiger partial charge in [0, 0.05) is 32.0 Å². The number of halogens is 1. The van der Waals surface area contributed by atoms with E-state index >= 15 is 0 Å². The Balaban J connectivity index is 2.31. The van der Waals surface area contributed by atoms with Crippen molar-refractivity contribution in [1.82, 2.24) is 15.1 Å². The van der Waals surface area contributed by atoms with E-state index in [1.807, 2.05) is 0 Å². The number of hydrogen-bond donors (Lipinski definition) is 1. The quantitative estimate of drug-likeness (QED) is 0.818. The fraction of sp³-hybridized carbons (Fsp3) is 0.333. The van der Waals surface area contributed by atoms with Gasteiger partial charge in [-0.3, -0.25) is 4.79 Å². The van der Waals surface area contributed by atoms with Gasteiger partial charge in [-0.2, -0.15) is 5.10 Å². The lowest BCUT2D eigenvalue weighted by Crippen LogP contribution is -2.26. The summed E-state index contributed by atoms with van der Waals surface area (Å²) >= 11 is 0. The van der Waals surface area contributed by atoms with Crippen molar-refractivity contribution in [2.45, 2.75) is 13.5 Å². The number of ether oxygens (including phenoxy) is 1. The molecular weight excluding hydrogens is 273 g/mol. The van der Waals surface area contributed by atoms with E-state index in [4.69, 9.17) is 4.74 Å². The summed E-state index contributed by atoms with van der Waals surface area (Å²) in [7, 11) is 1.61. The van der Waals surface area contributed by atoms with Crippen molar-refractivity contribution >= 4 is 0 Å². The topological polar surface area (TPSA) is 56.1 Å². The van der Waals surface area contributed by atoms with Gasteiger partial charge in [-0.05, 0) is 19.1 Å². The SMILES string of the molecule is COCCNCc1nn(-c2ccccc2F)c(C)cc1=O. The van der Waals surface area contributed by atoms with Crippen LogP contribution in [0.15, 0.2) is 35.1 Å². The van der Waals surface area contributed by atoms with Crippen LogP contribution in [0.4, 0.5) is 4.39 Å². The molecule has 0 amide bonds. The zero-order chi connectivity index (χ0) is 15.2. The maximum atomic E-state index is 13.9. The molecule has 21 heavy (non-hydrogen) atoms. The molecule has 1 N–H and O–H groups in total. The molecule has 0 aliphatic carbocycles. The summed E-state index contributed by atoms with van der Waals surface area (Å²) in [6.07, 6.45) is 0. The van der Waals surface area contributed by atoms with Crippen LogP contribution in [0, 0.1) is 12.7 Å². The van der Waals surface area contributed by atoms with Crippen LogP contribution < -0.4 is 10.7 Å². The maximum absolute atomic E-state index is 13.9. The highest BCUT2D eigenvalue weighted by molar-refractivity contribution is 5.34. The highest BCUT2D eigenvalue weighted by Crippen LogP contribution is 2.12. The number of nitrogens with one attached hydrogen (secondary N) is 1. The van der Waals surface area contributed by atoms with Crippen LogP contribution in [0.3, 0.4) is 0 Å². The summed E-state index contributed by atoms with van der Waals surface area (Å²) in [5.41, 5.74) is 1.10. The van der Waals surface area contributed by atoms with Crippen LogP contribution >= 0.6 is 0 Å². The molecule has 0 spiro atoms. The summed E-state index contributed by atoms with van der Waals surface area (Å²) in [5, 5.41) is 7.32. The van der Waals surface area contributed by atoms with E-state index in [-0.39, 0.29) is 11.2 Å². The number of rotatable bonds is 6. The molecule has 0 fully saturated rings. The lowest BCUT2D eigenvalue weighted by atomic mass is 10.2. The van der Waals surface area contributed by atoms with Gasteiger partial charge in [-0.15, -0.1) is 0 Å². The normalized spacial score (nSPS) is 10.8. The zero-order valence-corrected chi connectivity index (χ0v) is 12.1. The van der Waals surface area contributed by atoms with Crippen LogP contribution in [0.5, 0.6) is 0 Å². The van der Waals surface area contributed by atoms with E-state index in [2.05, 4.69) is 10.4 Å². The molecule has 6 heteroatoms. The number of aryl methyl sites for hydroxylation is 1. The van der Waals surface area contributed by atoms with Crippen molar-refractivity contribution in [1.29, 1.82) is 0 Å². The summed E-state index contributed by atoms with van der Waals surface area (Å²) in [5.74, 6) is -0.380. The average molecular weight is 291 g/mol. The first-order valence-electron chi connectivity index (χ1n) is 6.68. The summed E-state index contributed by atoms with van der Waals surface area (Å²) < 4.78 is 20.2. The monoisotopic (exact) mass is 291 g/mol. The third-order valence-electron chi connectivity index (χ3n) is 3.04. The molecule has 2 rings (SSSR count). The molecule has 0 aliphatic heterocycles. The van der Waals surface area contributed by atoms with E-state index in [0.717, 1.165) is 0 Å². The minimum Gasteiger partial charge on any atom is -0.383 e. The highest BCUT2D eigenvalue weighted by atomic mass is 19.1. The molecule has 0 saturated carbocycles. The van der Waals surface area contributed by atoms with Crippen LogP contribution in [0.2, 0.25) is 0 Å². The Hall–Kier alpha value is -2.05. The standard InChI is InChI=1S/C15H18FN3O2/c1-11-9-15(20)13(10-17-7-8-21-2)18-19(11)14-6-4-3-5-12(14)16/h3-6,9,17H,7-8,10H2,1-2H3. The number of para-hydroxylation sites is 1. The second-order valence-corrected chi connectivity index (χ2v) is 4.63. The van der Waals surface area contributed by atoms with Gasteiger partial charge < -0.3 is 10.1 Å². The highest BCUT2D eigenvalue weighted by Gasteiger charge is 2.10. The molecule has 1 aromatic heterocycles. The molecule has 112 valence electrons. The molecule has 0 aliphatic rings. The Morgan fingerprint density at radius 1 is 1.38 bits per heavy atom. The Bertz CT molecular complexity index is 670. The molecule has 1 aromatic carbocycles. The van der Waals surface area contributed by atoms with Gasteiger partial charge in [0.1, 0.15) is 17.2 Å². The Morgan fingerprint density at radius 2 is 2.14 bits per heavy atom. The minimum absolute atomic E-state index is 0.162. The minimum atomic E-state index is -0.380. The molecule has 0 radical (unpaired) electrons. The van der Waals surface area contributed by atoms with Crippen molar-refractivity contribution in [3.63, 3.8) is 0 Å². The fourth-order valence-electron chi connectivity index (χ4n) is 1.95. The first-order valence-corrected chi connectivity index (χ1v) is 6.68. The van der Waals surface area contributed by atoms with E-state index in [0.29, 0.717) is 36.8 Å². The Kier molecular flexibility index (Phi) is 5.19. The Morgan fingerprint density at radius 3 is 2.86 bits per heavy atom. The van der Waals surface area contributed by atoms with E-state index in [1.165, 1.54) is 16.8 Å². The number of hydrogen-bond acceptors (Lipinski definition) is 4. The van der Waals surface area contributed by atoms with Gasteiger partial charge in [-0.25, -0.2) is 9.07 Å². The maximum Gasteiger partial charge on any atom is 0.204 e. The third-order valence-corrected chi connectivity index (χ3v) is 3.04. The van der Waals surface area contributed by atoms with Gasteiger partial charge in [0.15, 0.2) is 0 Å². The van der Waals surface area contributed by atoms with Gasteiger partial charge in [0.25, 0.3) is 0 Å². The second kappa shape index (κ2) is 7.10. The molecular formula is C15H18FN3O2. The molecule has 0 atom stereocenters. The first-order chi connectivity index (χ1) is 10.1. The van der Waals surface area contributed by atoms with E-state index in [1.54, 1.807) is 32.2 Å². The lowest BCUT2D eigenvalue weighted by molar-refractivity contribution is 0.199. The number of methoxy groups -OCH3 is 1. The fourth-order valence-corrected chi connectivity index (χ4v) is 1.95. The smallest absolute Gasteiger partial charge is 0.204 e. The average Bonchev–Trinajstić information content (AvgIpc) is 2.46. The molecule has 0 saturated heterocycles. The summed E-state index contributed by atoms with van der Waals surface area (Å²) in [6, 6.07) is 7.80. The molecule has 1 heterocycles. The summed E-state index contributed by atoms with van der Waals surface area (Å²) in [6.45, 7) is 3.21. The zero-order valence-electron chi connectivity index (χ0n) is 12.1. The van der Waals surface area contributed by atoms with Crippen molar-refractivity contribution < 1.29 is 9.13 Å².